The molecule has 0 aliphatic carbocycles. The fraction of sp³-hybridized carbons (Fsp3) is 0. The van der Waals surface area contributed by atoms with Crippen molar-refractivity contribution in [1.82, 2.24) is 0 Å². The molecule has 0 radical (unpaired) electrons. The third-order valence-corrected chi connectivity index (χ3v) is 2.35. The van der Waals surface area contributed by atoms with Crippen molar-refractivity contribution in [1.29, 1.82) is 0 Å². The molecule has 0 fully saturated rings. The largest absolute Gasteiger partial charge is 0.507 e. The van der Waals surface area contributed by atoms with Gasteiger partial charge in [0, 0.05) is 10.6 Å². The second-order valence-corrected chi connectivity index (χ2v) is 3.60. The first-order valence-electron chi connectivity index (χ1n) is 4.41. The summed E-state index contributed by atoms with van der Waals surface area (Å²) in [7, 11) is 0. The minimum Gasteiger partial charge on any atom is -0.507 e. The first kappa shape index (κ1) is 9.99. The van der Waals surface area contributed by atoms with E-state index in [0.717, 1.165) is 5.56 Å². The quantitative estimate of drug-likeness (QED) is 0.777. The summed E-state index contributed by atoms with van der Waals surface area (Å²) in [5.74, 6) is -0.207. The molecule has 1 N–H and O–H groups in total. The van der Waals surface area contributed by atoms with Gasteiger partial charge in [-0.15, -0.1) is 0 Å². The van der Waals surface area contributed by atoms with E-state index in [2.05, 4.69) is 0 Å². The van der Waals surface area contributed by atoms with Crippen LogP contribution in [0.2, 0.25) is 5.02 Å². The van der Waals surface area contributed by atoms with E-state index in [4.69, 9.17) is 11.6 Å². The Balaban J connectivity index is 2.49. The normalized spacial score (nSPS) is 10.3. The first-order chi connectivity index (χ1) is 7.16. The molecule has 1 nitrogen and oxygen atoms in total. The Morgan fingerprint density at radius 2 is 1.67 bits per heavy atom. The molecule has 3 heteroatoms. The zero-order valence-corrected chi connectivity index (χ0v) is 8.50. The zero-order valence-electron chi connectivity index (χ0n) is 7.74. The van der Waals surface area contributed by atoms with Crippen LogP contribution >= 0.6 is 11.6 Å². The summed E-state index contributed by atoms with van der Waals surface area (Å²) in [6.07, 6.45) is 0. The molecular weight excluding hydrogens is 215 g/mol. The number of halogens is 2. The molecule has 15 heavy (non-hydrogen) atoms. The highest BCUT2D eigenvalue weighted by molar-refractivity contribution is 6.30. The van der Waals surface area contributed by atoms with Gasteiger partial charge in [-0.25, -0.2) is 4.39 Å². The van der Waals surface area contributed by atoms with Crippen LogP contribution in [0.3, 0.4) is 0 Å². The molecule has 0 bridgehead atoms. The molecule has 2 aromatic carbocycles. The molecule has 0 atom stereocenters. The van der Waals surface area contributed by atoms with Crippen LogP contribution in [-0.2, 0) is 0 Å². The first-order valence-corrected chi connectivity index (χ1v) is 4.79. The lowest BCUT2D eigenvalue weighted by atomic mass is 10.0. The Morgan fingerprint density at radius 1 is 1.00 bits per heavy atom. The van der Waals surface area contributed by atoms with Crippen LogP contribution < -0.4 is 0 Å². The molecule has 0 saturated heterocycles. The topological polar surface area (TPSA) is 20.2 Å². The van der Waals surface area contributed by atoms with E-state index >= 15 is 0 Å². The molecule has 2 rings (SSSR count). The zero-order chi connectivity index (χ0) is 10.8. The summed E-state index contributed by atoms with van der Waals surface area (Å²) in [6, 6.07) is 10.8. The predicted molar refractivity (Wildman–Crippen MR) is 58.5 cm³/mol. The molecular formula is C12H8ClFO. The van der Waals surface area contributed by atoms with Gasteiger partial charge in [-0.1, -0.05) is 23.7 Å². The second kappa shape index (κ2) is 3.91. The van der Waals surface area contributed by atoms with E-state index in [1.165, 1.54) is 18.2 Å². The lowest BCUT2D eigenvalue weighted by molar-refractivity contribution is 0.477. The van der Waals surface area contributed by atoms with E-state index in [1.807, 2.05) is 0 Å². The highest BCUT2D eigenvalue weighted by Gasteiger charge is 2.04. The van der Waals surface area contributed by atoms with Gasteiger partial charge in [0.1, 0.15) is 11.6 Å². The Kier molecular flexibility index (Phi) is 2.60. The van der Waals surface area contributed by atoms with Gasteiger partial charge < -0.3 is 5.11 Å². The van der Waals surface area contributed by atoms with Crippen molar-refractivity contribution in [3.8, 4) is 16.9 Å². The molecule has 0 aromatic heterocycles. The summed E-state index contributed by atoms with van der Waals surface area (Å²) in [5.41, 5.74) is 1.39. The monoisotopic (exact) mass is 222 g/mol. The SMILES string of the molecule is Oc1cc(Cl)ccc1-c1ccc(F)cc1. The molecule has 0 aliphatic heterocycles. The number of hydrogen-bond donors (Lipinski definition) is 1. The Morgan fingerprint density at radius 3 is 2.27 bits per heavy atom. The number of hydrogen-bond acceptors (Lipinski definition) is 1. The van der Waals surface area contributed by atoms with Crippen molar-refractivity contribution in [3.63, 3.8) is 0 Å². The van der Waals surface area contributed by atoms with E-state index in [9.17, 15) is 9.50 Å². The lowest BCUT2D eigenvalue weighted by Gasteiger charge is -2.04. The maximum absolute atomic E-state index is 12.7. The summed E-state index contributed by atoms with van der Waals surface area (Å²) in [4.78, 5) is 0. The summed E-state index contributed by atoms with van der Waals surface area (Å²) < 4.78 is 12.7. The fourth-order valence-electron chi connectivity index (χ4n) is 1.38. The molecule has 0 heterocycles. The summed E-state index contributed by atoms with van der Waals surface area (Å²) >= 11 is 5.71. The Bertz CT molecular complexity index is 479. The van der Waals surface area contributed by atoms with Crippen LogP contribution in [0.25, 0.3) is 11.1 Å². The molecule has 0 aliphatic rings. The summed E-state index contributed by atoms with van der Waals surface area (Å²) in [5, 5.41) is 10.1. The average molecular weight is 223 g/mol. The standard InChI is InChI=1S/C12H8ClFO/c13-9-3-6-11(12(15)7-9)8-1-4-10(14)5-2-8/h1-7,15H. The van der Waals surface area contributed by atoms with E-state index in [-0.39, 0.29) is 11.6 Å². The van der Waals surface area contributed by atoms with E-state index < -0.39 is 0 Å². The van der Waals surface area contributed by atoms with Crippen molar-refractivity contribution < 1.29 is 9.50 Å². The highest BCUT2D eigenvalue weighted by Crippen LogP contribution is 2.31. The van der Waals surface area contributed by atoms with Crippen molar-refractivity contribution in [2.24, 2.45) is 0 Å². The number of benzene rings is 2. The van der Waals surface area contributed by atoms with Crippen LogP contribution in [0.4, 0.5) is 4.39 Å². The van der Waals surface area contributed by atoms with Gasteiger partial charge >= 0.3 is 0 Å². The van der Waals surface area contributed by atoms with Crippen LogP contribution in [0, 0.1) is 5.82 Å². The fourth-order valence-corrected chi connectivity index (χ4v) is 1.54. The molecule has 0 amide bonds. The van der Waals surface area contributed by atoms with Gasteiger partial charge in [-0.3, -0.25) is 0 Å². The number of phenols is 1. The maximum atomic E-state index is 12.7. The van der Waals surface area contributed by atoms with Gasteiger partial charge in [0.25, 0.3) is 0 Å². The van der Waals surface area contributed by atoms with Gasteiger partial charge in [0.05, 0.1) is 0 Å². The molecule has 76 valence electrons. The predicted octanol–water partition coefficient (Wildman–Crippen LogP) is 3.85. The number of rotatable bonds is 1. The minimum absolute atomic E-state index is 0.0918. The Hall–Kier alpha value is -1.54. The molecule has 0 spiro atoms. The number of aromatic hydroxyl groups is 1. The second-order valence-electron chi connectivity index (χ2n) is 3.17. The summed E-state index contributed by atoms with van der Waals surface area (Å²) in [6.45, 7) is 0. The lowest BCUT2D eigenvalue weighted by Crippen LogP contribution is -1.80. The van der Waals surface area contributed by atoms with Gasteiger partial charge in [0.15, 0.2) is 0 Å². The van der Waals surface area contributed by atoms with Crippen molar-refractivity contribution in [2.45, 2.75) is 0 Å². The molecule has 2 aromatic rings. The highest BCUT2D eigenvalue weighted by atomic mass is 35.5. The van der Waals surface area contributed by atoms with Crippen molar-refractivity contribution >= 4 is 11.6 Å². The van der Waals surface area contributed by atoms with Gasteiger partial charge in [-0.05, 0) is 35.9 Å². The van der Waals surface area contributed by atoms with Gasteiger partial charge in [0.2, 0.25) is 0 Å². The van der Waals surface area contributed by atoms with Crippen LogP contribution in [0.5, 0.6) is 5.75 Å². The smallest absolute Gasteiger partial charge is 0.124 e. The minimum atomic E-state index is -0.299. The third-order valence-electron chi connectivity index (χ3n) is 2.12. The molecule has 0 saturated carbocycles. The van der Waals surface area contributed by atoms with Crippen molar-refractivity contribution in [2.75, 3.05) is 0 Å². The number of phenolic OH excluding ortho intramolecular Hbond substituents is 1. The van der Waals surface area contributed by atoms with E-state index in [0.29, 0.717) is 10.6 Å². The van der Waals surface area contributed by atoms with Crippen LogP contribution in [0.1, 0.15) is 0 Å². The third kappa shape index (κ3) is 2.10. The van der Waals surface area contributed by atoms with Crippen LogP contribution in [0.15, 0.2) is 42.5 Å². The Labute approximate surface area is 91.8 Å². The van der Waals surface area contributed by atoms with Crippen LogP contribution in [-0.4, -0.2) is 5.11 Å². The maximum Gasteiger partial charge on any atom is 0.124 e. The van der Waals surface area contributed by atoms with Gasteiger partial charge in [-0.2, -0.15) is 0 Å². The van der Waals surface area contributed by atoms with E-state index in [1.54, 1.807) is 24.3 Å². The van der Waals surface area contributed by atoms with Crippen molar-refractivity contribution in [3.05, 3.63) is 53.3 Å². The average Bonchev–Trinajstić information content (AvgIpc) is 2.20. The molecule has 0 unspecified atom stereocenters.